The Hall–Kier alpha value is -2.86. The van der Waals surface area contributed by atoms with Gasteiger partial charge in [-0.2, -0.15) is 0 Å². The van der Waals surface area contributed by atoms with E-state index in [4.69, 9.17) is 4.74 Å². The molecule has 0 atom stereocenters. The monoisotopic (exact) mass is 397 g/mol. The van der Waals surface area contributed by atoms with Gasteiger partial charge < -0.3 is 4.74 Å². The van der Waals surface area contributed by atoms with Crippen molar-refractivity contribution in [2.75, 3.05) is 13.7 Å². The van der Waals surface area contributed by atoms with Crippen LogP contribution in [0.15, 0.2) is 65.6 Å². The third kappa shape index (κ3) is 4.02. The summed E-state index contributed by atoms with van der Waals surface area (Å²) in [6.45, 7) is 3.23. The lowest BCUT2D eigenvalue weighted by molar-refractivity contribution is -0.124. The minimum absolute atomic E-state index is 0.0713. The Morgan fingerprint density at radius 1 is 1.04 bits per heavy atom. The quantitative estimate of drug-likeness (QED) is 0.632. The normalized spacial score (nSPS) is 11.4. The number of nitrogens with zero attached hydrogens (tertiary/aromatic N) is 1. The van der Waals surface area contributed by atoms with Gasteiger partial charge >= 0.3 is 0 Å². The molecule has 0 spiro atoms. The van der Waals surface area contributed by atoms with Crippen LogP contribution in [0.1, 0.15) is 18.1 Å². The van der Waals surface area contributed by atoms with E-state index >= 15 is 0 Å². The number of carbonyl (C=O) groups excluding carboxylic acids is 1. The van der Waals surface area contributed by atoms with Crippen LogP contribution < -0.4 is 4.74 Å². The van der Waals surface area contributed by atoms with Crippen LogP contribution in [0.3, 0.4) is 0 Å². The van der Waals surface area contributed by atoms with E-state index in [1.807, 2.05) is 43.3 Å². The molecule has 0 heterocycles. The van der Waals surface area contributed by atoms with Crippen LogP contribution in [0, 0.1) is 6.92 Å². The Bertz CT molecular complexity index is 1110. The maximum Gasteiger partial charge on any atom is 0.266 e. The first-order valence-electron chi connectivity index (χ1n) is 8.98. The van der Waals surface area contributed by atoms with E-state index in [0.717, 1.165) is 32.0 Å². The van der Waals surface area contributed by atoms with E-state index < -0.39 is 15.9 Å². The van der Waals surface area contributed by atoms with Crippen molar-refractivity contribution in [3.8, 4) is 5.75 Å². The van der Waals surface area contributed by atoms with Gasteiger partial charge in [0.05, 0.1) is 12.0 Å². The van der Waals surface area contributed by atoms with Crippen molar-refractivity contribution in [1.82, 2.24) is 4.31 Å². The molecule has 0 fully saturated rings. The molecule has 0 saturated carbocycles. The molecule has 3 aromatic carbocycles. The predicted molar refractivity (Wildman–Crippen MR) is 110 cm³/mol. The summed E-state index contributed by atoms with van der Waals surface area (Å²) in [5.41, 5.74) is 1.92. The van der Waals surface area contributed by atoms with E-state index in [9.17, 15) is 13.2 Å². The van der Waals surface area contributed by atoms with Gasteiger partial charge in [-0.15, -0.1) is 0 Å². The van der Waals surface area contributed by atoms with Crippen molar-refractivity contribution in [3.05, 3.63) is 71.8 Å². The van der Waals surface area contributed by atoms with Crippen LogP contribution >= 0.6 is 0 Å². The highest BCUT2D eigenvalue weighted by atomic mass is 32.2. The van der Waals surface area contributed by atoms with Gasteiger partial charge in [0, 0.05) is 13.5 Å². The number of benzene rings is 3. The number of sulfonamides is 1. The number of methoxy groups -OCH3 is 1. The summed E-state index contributed by atoms with van der Waals surface area (Å²) in [5.74, 6) is 0.231. The molecule has 5 nitrogen and oxygen atoms in total. The predicted octanol–water partition coefficient (Wildman–Crippen LogP) is 3.94. The van der Waals surface area contributed by atoms with E-state index in [-0.39, 0.29) is 11.4 Å². The van der Waals surface area contributed by atoms with E-state index in [2.05, 4.69) is 0 Å². The second-order valence-electron chi connectivity index (χ2n) is 6.66. The van der Waals surface area contributed by atoms with Crippen LogP contribution in [0.5, 0.6) is 5.75 Å². The third-order valence-electron chi connectivity index (χ3n) is 4.72. The van der Waals surface area contributed by atoms with Crippen LogP contribution in [-0.2, 0) is 21.2 Å². The number of rotatable bonds is 6. The fraction of sp³-hybridized carbons (Fsp3) is 0.227. The molecule has 0 aliphatic carbocycles. The fourth-order valence-electron chi connectivity index (χ4n) is 3.17. The lowest BCUT2D eigenvalue weighted by Gasteiger charge is -2.21. The first-order valence-corrected chi connectivity index (χ1v) is 10.4. The molecule has 0 unspecified atom stereocenters. The van der Waals surface area contributed by atoms with Gasteiger partial charge in [-0.05, 0) is 53.9 Å². The zero-order valence-electron chi connectivity index (χ0n) is 16.2. The van der Waals surface area contributed by atoms with E-state index in [1.54, 1.807) is 19.2 Å². The van der Waals surface area contributed by atoms with Crippen LogP contribution in [0.25, 0.3) is 10.8 Å². The Morgan fingerprint density at radius 3 is 2.39 bits per heavy atom. The molecular weight excluding hydrogens is 374 g/mol. The zero-order chi connectivity index (χ0) is 20.3. The molecule has 0 N–H and O–H groups in total. The largest absolute Gasteiger partial charge is 0.497 e. The summed E-state index contributed by atoms with van der Waals surface area (Å²) in [5, 5.41) is 2.02. The third-order valence-corrected chi connectivity index (χ3v) is 6.61. The first-order chi connectivity index (χ1) is 13.3. The van der Waals surface area contributed by atoms with Gasteiger partial charge in [-0.25, -0.2) is 12.7 Å². The molecule has 0 radical (unpaired) electrons. The van der Waals surface area contributed by atoms with Gasteiger partial charge in [-0.1, -0.05) is 42.0 Å². The molecule has 3 aromatic rings. The standard InChI is InChI=1S/C22H23NO4S/c1-16-7-11-21(12-8-16)28(25,26)23(17(2)24)14-13-19-6-4-5-18-9-10-20(27-3)15-22(18)19/h4-12,15H,13-14H2,1-3H3. The Kier molecular flexibility index (Phi) is 5.70. The van der Waals surface area contributed by atoms with Crippen LogP contribution in [0.4, 0.5) is 0 Å². The van der Waals surface area contributed by atoms with E-state index in [1.165, 1.54) is 19.1 Å². The summed E-state index contributed by atoms with van der Waals surface area (Å²) < 4.78 is 32.2. The summed E-state index contributed by atoms with van der Waals surface area (Å²) in [4.78, 5) is 12.3. The summed E-state index contributed by atoms with van der Waals surface area (Å²) in [7, 11) is -2.29. The number of carbonyl (C=O) groups is 1. The molecule has 146 valence electrons. The first kappa shape index (κ1) is 19.9. The average Bonchev–Trinajstić information content (AvgIpc) is 2.67. The molecule has 0 aliphatic heterocycles. The maximum absolute atomic E-state index is 13.0. The second-order valence-corrected chi connectivity index (χ2v) is 8.53. The molecule has 0 aliphatic rings. The van der Waals surface area contributed by atoms with E-state index in [0.29, 0.717) is 6.42 Å². The summed E-state index contributed by atoms with van der Waals surface area (Å²) in [6, 6.07) is 18.1. The Morgan fingerprint density at radius 2 is 1.75 bits per heavy atom. The Balaban J connectivity index is 1.91. The maximum atomic E-state index is 13.0. The second kappa shape index (κ2) is 8.02. The summed E-state index contributed by atoms with van der Waals surface area (Å²) in [6.07, 6.45) is 0.412. The molecule has 0 aromatic heterocycles. The molecule has 0 bridgehead atoms. The van der Waals surface area contributed by atoms with Gasteiger partial charge in [0.2, 0.25) is 5.91 Å². The van der Waals surface area contributed by atoms with Gasteiger partial charge in [0.25, 0.3) is 10.0 Å². The van der Waals surface area contributed by atoms with Crippen LogP contribution in [0.2, 0.25) is 0 Å². The Labute approximate surface area is 165 Å². The van der Waals surface area contributed by atoms with Crippen molar-refractivity contribution in [2.24, 2.45) is 0 Å². The molecule has 3 rings (SSSR count). The van der Waals surface area contributed by atoms with Crippen LogP contribution in [-0.4, -0.2) is 32.3 Å². The highest BCUT2D eigenvalue weighted by Gasteiger charge is 2.26. The molecule has 1 amide bonds. The van der Waals surface area contributed by atoms with Crippen molar-refractivity contribution in [2.45, 2.75) is 25.2 Å². The van der Waals surface area contributed by atoms with Crippen molar-refractivity contribution in [1.29, 1.82) is 0 Å². The number of hydrogen-bond donors (Lipinski definition) is 0. The number of fused-ring (bicyclic) bond motifs is 1. The topological polar surface area (TPSA) is 63.7 Å². The van der Waals surface area contributed by atoms with Crippen molar-refractivity contribution in [3.63, 3.8) is 0 Å². The summed E-state index contributed by atoms with van der Waals surface area (Å²) >= 11 is 0. The number of amides is 1. The zero-order valence-corrected chi connectivity index (χ0v) is 17.0. The highest BCUT2D eigenvalue weighted by molar-refractivity contribution is 7.89. The minimum atomic E-state index is -3.89. The number of aryl methyl sites for hydroxylation is 1. The number of hydrogen-bond acceptors (Lipinski definition) is 4. The van der Waals surface area contributed by atoms with Gasteiger partial charge in [0.15, 0.2) is 0 Å². The minimum Gasteiger partial charge on any atom is -0.497 e. The highest BCUT2D eigenvalue weighted by Crippen LogP contribution is 2.25. The molecule has 6 heteroatoms. The van der Waals surface area contributed by atoms with Crippen molar-refractivity contribution >= 4 is 26.7 Å². The van der Waals surface area contributed by atoms with Gasteiger partial charge in [-0.3, -0.25) is 4.79 Å². The fourth-order valence-corrected chi connectivity index (χ4v) is 4.57. The van der Waals surface area contributed by atoms with Gasteiger partial charge in [0.1, 0.15) is 5.75 Å². The molecular formula is C22H23NO4S. The SMILES string of the molecule is COc1ccc2cccc(CCN(C(C)=O)S(=O)(=O)c3ccc(C)cc3)c2c1. The van der Waals surface area contributed by atoms with Crippen molar-refractivity contribution < 1.29 is 17.9 Å². The number of ether oxygens (including phenoxy) is 1. The molecule has 0 saturated heterocycles. The molecule has 28 heavy (non-hydrogen) atoms. The average molecular weight is 397 g/mol. The lowest BCUT2D eigenvalue weighted by Crippen LogP contribution is -2.36. The lowest BCUT2D eigenvalue weighted by atomic mass is 10.0. The smallest absolute Gasteiger partial charge is 0.266 e.